The second kappa shape index (κ2) is 4.58. The van der Waals surface area contributed by atoms with Gasteiger partial charge >= 0.3 is 5.97 Å². The van der Waals surface area contributed by atoms with Gasteiger partial charge in [0.2, 0.25) is 11.7 Å². The summed E-state index contributed by atoms with van der Waals surface area (Å²) in [6, 6.07) is 1.78. The van der Waals surface area contributed by atoms with Crippen molar-refractivity contribution in [2.45, 2.75) is 25.9 Å². The lowest BCUT2D eigenvalue weighted by Gasteiger charge is -2.07. The number of furan rings is 1. The molecular formula is C11H14N2O4. The first-order chi connectivity index (χ1) is 8.06. The van der Waals surface area contributed by atoms with Gasteiger partial charge in [-0.15, -0.1) is 0 Å². The molecule has 1 unspecified atom stereocenters. The number of amides is 1. The molecule has 1 aromatic rings. The number of aromatic carboxylic acids is 1. The summed E-state index contributed by atoms with van der Waals surface area (Å²) in [6.07, 6.45) is 0.450. The number of hydrogen-bond acceptors (Lipinski definition) is 4. The van der Waals surface area contributed by atoms with Crippen LogP contribution in [0.1, 0.15) is 28.3 Å². The predicted molar refractivity (Wildman–Crippen MR) is 58.7 cm³/mol. The molecule has 1 atom stereocenters. The smallest absolute Gasteiger partial charge is 0.372 e. The number of carboxylic acid groups (broad SMARTS) is 1. The predicted octanol–water partition coefficient (Wildman–Crippen LogP) is 0.264. The van der Waals surface area contributed by atoms with Crippen LogP contribution in [-0.2, 0) is 11.3 Å². The fraction of sp³-hybridized carbons (Fsp3) is 0.455. The highest BCUT2D eigenvalue weighted by Gasteiger charge is 2.21. The van der Waals surface area contributed by atoms with Crippen LogP contribution in [0.25, 0.3) is 0 Å². The Morgan fingerprint density at radius 3 is 3.00 bits per heavy atom. The Morgan fingerprint density at radius 1 is 1.71 bits per heavy atom. The van der Waals surface area contributed by atoms with Crippen molar-refractivity contribution in [3.8, 4) is 0 Å². The van der Waals surface area contributed by atoms with Gasteiger partial charge in [-0.05, 0) is 13.0 Å². The summed E-state index contributed by atoms with van der Waals surface area (Å²) in [4.78, 5) is 21.7. The lowest BCUT2D eigenvalue weighted by atomic mass is 10.2. The van der Waals surface area contributed by atoms with Crippen LogP contribution < -0.4 is 10.6 Å². The van der Waals surface area contributed by atoms with E-state index in [2.05, 4.69) is 10.6 Å². The summed E-state index contributed by atoms with van der Waals surface area (Å²) in [5.74, 6) is -0.488. The number of hydrogen-bond donors (Lipinski definition) is 3. The van der Waals surface area contributed by atoms with Gasteiger partial charge < -0.3 is 20.2 Å². The highest BCUT2D eigenvalue weighted by molar-refractivity contribution is 5.86. The van der Waals surface area contributed by atoms with Gasteiger partial charge in [-0.3, -0.25) is 4.79 Å². The summed E-state index contributed by atoms with van der Waals surface area (Å²) in [7, 11) is 0. The number of aryl methyl sites for hydroxylation is 1. The van der Waals surface area contributed by atoms with Crippen molar-refractivity contribution < 1.29 is 19.1 Å². The summed E-state index contributed by atoms with van der Waals surface area (Å²) in [5.41, 5.74) is 0.606. The highest BCUT2D eigenvalue weighted by Crippen LogP contribution is 2.14. The van der Waals surface area contributed by atoms with Gasteiger partial charge in [-0.2, -0.15) is 0 Å². The van der Waals surface area contributed by atoms with Crippen LogP contribution >= 0.6 is 0 Å². The molecule has 0 radical (unpaired) electrons. The molecule has 2 heterocycles. The Kier molecular flexibility index (Phi) is 3.14. The zero-order valence-corrected chi connectivity index (χ0v) is 9.45. The normalized spacial score (nSPS) is 19.4. The summed E-state index contributed by atoms with van der Waals surface area (Å²) in [5, 5.41) is 14.7. The molecule has 0 aromatic carbocycles. The average molecular weight is 238 g/mol. The van der Waals surface area contributed by atoms with Crippen molar-refractivity contribution >= 4 is 11.9 Å². The maximum absolute atomic E-state index is 11.0. The highest BCUT2D eigenvalue weighted by atomic mass is 16.4. The van der Waals surface area contributed by atoms with E-state index in [4.69, 9.17) is 9.52 Å². The molecule has 1 aliphatic rings. The standard InChI is InChI=1S/C11H14N2O4/c1-6-2-8(17-10(6)11(15)16)5-12-7-3-9(14)13-4-7/h2,7,12H,3-5H2,1H3,(H,13,14)(H,15,16). The zero-order valence-electron chi connectivity index (χ0n) is 9.45. The second-order valence-electron chi connectivity index (χ2n) is 4.12. The topological polar surface area (TPSA) is 91.6 Å². The molecule has 0 bridgehead atoms. The summed E-state index contributed by atoms with van der Waals surface area (Å²) < 4.78 is 5.20. The third-order valence-electron chi connectivity index (χ3n) is 2.71. The Hall–Kier alpha value is -1.82. The van der Waals surface area contributed by atoms with Crippen LogP contribution in [0.4, 0.5) is 0 Å². The Bertz CT molecular complexity index is 452. The summed E-state index contributed by atoms with van der Waals surface area (Å²) >= 11 is 0. The molecule has 92 valence electrons. The van der Waals surface area contributed by atoms with E-state index in [1.54, 1.807) is 13.0 Å². The fourth-order valence-corrected chi connectivity index (χ4v) is 1.84. The van der Waals surface area contributed by atoms with Crippen LogP contribution in [0.2, 0.25) is 0 Å². The molecule has 0 spiro atoms. The molecule has 1 aliphatic heterocycles. The number of carbonyl (C=O) groups excluding carboxylic acids is 1. The van der Waals surface area contributed by atoms with Crippen LogP contribution in [0.3, 0.4) is 0 Å². The van der Waals surface area contributed by atoms with Crippen LogP contribution in [0.5, 0.6) is 0 Å². The minimum atomic E-state index is -1.06. The van der Waals surface area contributed by atoms with E-state index in [9.17, 15) is 9.59 Å². The van der Waals surface area contributed by atoms with Gasteiger partial charge in [0.1, 0.15) is 5.76 Å². The SMILES string of the molecule is Cc1cc(CNC2CNC(=O)C2)oc1C(=O)O. The Balaban J connectivity index is 1.93. The molecule has 1 saturated heterocycles. The van der Waals surface area contributed by atoms with Gasteiger partial charge in [0.05, 0.1) is 6.54 Å². The number of nitrogens with one attached hydrogen (secondary N) is 2. The maximum Gasteiger partial charge on any atom is 0.372 e. The van der Waals surface area contributed by atoms with Crippen molar-refractivity contribution in [2.24, 2.45) is 0 Å². The minimum Gasteiger partial charge on any atom is -0.475 e. The van der Waals surface area contributed by atoms with Crippen molar-refractivity contribution in [2.75, 3.05) is 6.54 Å². The fourth-order valence-electron chi connectivity index (χ4n) is 1.84. The number of carbonyl (C=O) groups is 2. The Morgan fingerprint density at radius 2 is 2.47 bits per heavy atom. The number of rotatable bonds is 4. The largest absolute Gasteiger partial charge is 0.475 e. The van der Waals surface area contributed by atoms with Gasteiger partial charge in [-0.1, -0.05) is 0 Å². The van der Waals surface area contributed by atoms with E-state index < -0.39 is 5.97 Å². The van der Waals surface area contributed by atoms with Crippen molar-refractivity contribution in [3.05, 3.63) is 23.2 Å². The third kappa shape index (κ3) is 2.65. The quantitative estimate of drug-likeness (QED) is 0.700. The maximum atomic E-state index is 11.0. The molecule has 0 aliphatic carbocycles. The first-order valence-electron chi connectivity index (χ1n) is 5.39. The molecule has 1 amide bonds. The lowest BCUT2D eigenvalue weighted by molar-refractivity contribution is -0.119. The van der Waals surface area contributed by atoms with E-state index in [-0.39, 0.29) is 17.7 Å². The second-order valence-corrected chi connectivity index (χ2v) is 4.12. The van der Waals surface area contributed by atoms with E-state index in [0.717, 1.165) is 0 Å². The zero-order chi connectivity index (χ0) is 12.4. The van der Waals surface area contributed by atoms with E-state index in [1.165, 1.54) is 0 Å². The molecular weight excluding hydrogens is 224 g/mol. The first kappa shape index (κ1) is 11.7. The van der Waals surface area contributed by atoms with Crippen molar-refractivity contribution in [3.63, 3.8) is 0 Å². The molecule has 17 heavy (non-hydrogen) atoms. The van der Waals surface area contributed by atoms with Crippen LogP contribution in [0.15, 0.2) is 10.5 Å². The molecule has 1 fully saturated rings. The van der Waals surface area contributed by atoms with Crippen molar-refractivity contribution in [1.29, 1.82) is 0 Å². The van der Waals surface area contributed by atoms with E-state index in [1.807, 2.05) is 0 Å². The van der Waals surface area contributed by atoms with Gasteiger partial charge in [0.25, 0.3) is 0 Å². The van der Waals surface area contributed by atoms with Crippen LogP contribution in [-0.4, -0.2) is 29.6 Å². The van der Waals surface area contributed by atoms with Crippen molar-refractivity contribution in [1.82, 2.24) is 10.6 Å². The summed E-state index contributed by atoms with van der Waals surface area (Å²) in [6.45, 7) is 2.72. The molecule has 6 heteroatoms. The molecule has 6 nitrogen and oxygen atoms in total. The van der Waals surface area contributed by atoms with Gasteiger partial charge in [0, 0.05) is 24.6 Å². The molecule has 3 N–H and O–H groups in total. The minimum absolute atomic E-state index is 0.0255. The van der Waals surface area contributed by atoms with Crippen LogP contribution in [0, 0.1) is 6.92 Å². The van der Waals surface area contributed by atoms with E-state index in [0.29, 0.717) is 30.8 Å². The molecule has 1 aromatic heterocycles. The van der Waals surface area contributed by atoms with E-state index >= 15 is 0 Å². The third-order valence-corrected chi connectivity index (χ3v) is 2.71. The average Bonchev–Trinajstić information content (AvgIpc) is 2.82. The first-order valence-corrected chi connectivity index (χ1v) is 5.39. The molecule has 2 rings (SSSR count). The molecule has 0 saturated carbocycles. The van der Waals surface area contributed by atoms with Gasteiger partial charge in [0.15, 0.2) is 0 Å². The van der Waals surface area contributed by atoms with Gasteiger partial charge in [-0.25, -0.2) is 4.79 Å². The monoisotopic (exact) mass is 238 g/mol. The number of carboxylic acids is 1. The Labute approximate surface area is 98.0 Å². The lowest BCUT2D eigenvalue weighted by Crippen LogP contribution is -2.30.